The molecule has 0 aromatic carbocycles. The number of alkyl carbamates (subject to hydrolysis) is 2. The number of halogens is 9. The number of nitrogens with one attached hydrogen (secondary N) is 4. The van der Waals surface area contributed by atoms with Gasteiger partial charge in [0.2, 0.25) is 11.8 Å². The van der Waals surface area contributed by atoms with Crippen molar-refractivity contribution in [1.82, 2.24) is 31.1 Å². The average molecular weight is 2190 g/mol. The van der Waals surface area contributed by atoms with Gasteiger partial charge in [-0.3, -0.25) is 43.2 Å². The topological polar surface area (TPSA) is 472 Å². The van der Waals surface area contributed by atoms with Crippen LogP contribution in [0.2, 0.25) is 0 Å². The lowest BCUT2D eigenvalue weighted by Gasteiger charge is -2.34. The molecule has 0 aliphatic heterocycles. The molecule has 124 heavy (non-hydrogen) atoms. The van der Waals surface area contributed by atoms with Gasteiger partial charge in [-0.15, -0.1) is 0 Å². The Morgan fingerprint density at radius 3 is 0.960 bits per heavy atom. The van der Waals surface area contributed by atoms with Crippen LogP contribution in [0.4, 0.5) is 22.8 Å². The van der Waals surface area contributed by atoms with Gasteiger partial charge < -0.3 is 113 Å². The molecule has 0 spiro atoms. The first kappa shape index (κ1) is 126. The van der Waals surface area contributed by atoms with Crippen molar-refractivity contribution < 1.29 is 152 Å². The zero-order valence-electron chi connectivity index (χ0n) is 75.9. The lowest BCUT2D eigenvalue weighted by molar-refractivity contribution is -0.192. The zero-order chi connectivity index (χ0) is 97.0. The third-order valence-electron chi connectivity index (χ3n) is 15.1. The molecular formula is C79H138Br6F3N7O29. The van der Waals surface area contributed by atoms with Crippen LogP contribution in [-0.4, -0.2) is 333 Å². The predicted octanol–water partition coefficient (Wildman–Crippen LogP) is 9.84. The second-order valence-corrected chi connectivity index (χ2v) is 45.8. The van der Waals surface area contributed by atoms with Gasteiger partial charge in [-0.25, -0.2) is 19.2 Å². The molecule has 0 saturated carbocycles. The Labute approximate surface area is 778 Å². The van der Waals surface area contributed by atoms with Crippen molar-refractivity contribution >= 4 is 173 Å². The van der Waals surface area contributed by atoms with E-state index in [1.54, 1.807) is 125 Å². The Morgan fingerprint density at radius 2 is 0.669 bits per heavy atom. The highest BCUT2D eigenvalue weighted by Crippen LogP contribution is 2.31. The van der Waals surface area contributed by atoms with E-state index in [1.807, 2.05) is 33.1 Å². The highest BCUT2D eigenvalue weighted by atomic mass is 79.9. The van der Waals surface area contributed by atoms with Gasteiger partial charge >= 0.3 is 66.1 Å². The first-order chi connectivity index (χ1) is 56.5. The lowest BCUT2D eigenvalue weighted by atomic mass is 9.91. The number of carbonyl (C=O) groups is 13. The number of ether oxygens (including phenoxy) is 14. The number of amides is 4. The van der Waals surface area contributed by atoms with Crippen LogP contribution in [0.5, 0.6) is 0 Å². The van der Waals surface area contributed by atoms with Gasteiger partial charge in [0.1, 0.15) is 102 Å². The summed E-state index contributed by atoms with van der Waals surface area (Å²) in [6, 6.07) is -1.63. The van der Waals surface area contributed by atoms with Gasteiger partial charge in [0.15, 0.2) is 5.78 Å². The maximum Gasteiger partial charge on any atom is 0.490 e. The number of carboxylic acid groups (broad SMARTS) is 2. The van der Waals surface area contributed by atoms with Crippen molar-refractivity contribution in [2.24, 2.45) is 16.6 Å². The summed E-state index contributed by atoms with van der Waals surface area (Å²) in [6.45, 7) is 31.9. The summed E-state index contributed by atoms with van der Waals surface area (Å²) in [6.07, 6.45) is -1.72. The molecule has 726 valence electrons. The van der Waals surface area contributed by atoms with Crippen LogP contribution in [0.15, 0.2) is 0 Å². The highest BCUT2D eigenvalue weighted by Gasteiger charge is 2.44. The molecule has 45 heteroatoms. The number of unbranched alkanes of at least 4 members (excludes halogenated alkanes) is 2. The molecule has 0 bridgehead atoms. The first-order valence-electron chi connectivity index (χ1n) is 39.7. The average Bonchev–Trinajstić information content (AvgIpc) is 0.833. The van der Waals surface area contributed by atoms with Crippen LogP contribution >= 0.6 is 95.6 Å². The van der Waals surface area contributed by atoms with Crippen LogP contribution in [0.25, 0.3) is 0 Å². The Kier molecular flexibility index (Phi) is 63.3. The fourth-order valence-electron chi connectivity index (χ4n) is 8.42. The molecular weight excluding hydrogens is 2050 g/mol. The van der Waals surface area contributed by atoms with Crippen LogP contribution < -0.4 is 27.0 Å². The third kappa shape index (κ3) is 70.2. The highest BCUT2D eigenvalue weighted by molar-refractivity contribution is 9.11. The molecule has 0 aliphatic rings. The van der Waals surface area contributed by atoms with E-state index in [-0.39, 0.29) is 130 Å². The molecule has 36 nitrogen and oxygen atoms in total. The van der Waals surface area contributed by atoms with Crippen LogP contribution in [-0.2, 0) is 119 Å². The van der Waals surface area contributed by atoms with Crippen molar-refractivity contribution in [1.29, 1.82) is 0 Å². The molecule has 0 saturated heterocycles. The molecule has 0 fully saturated rings. The summed E-state index contributed by atoms with van der Waals surface area (Å²) in [7, 11) is 7.89. The lowest BCUT2D eigenvalue weighted by Crippen LogP contribution is -2.48. The molecule has 2 atom stereocenters. The summed E-state index contributed by atoms with van der Waals surface area (Å²) in [5.41, 5.74) is 1.36. The number of alkyl halides is 9. The third-order valence-corrected chi connectivity index (χ3v) is 17.0. The normalized spacial score (nSPS) is 12.8. The molecule has 0 aromatic heterocycles. The number of carbonyl (C=O) groups excluding carboxylic acids is 11. The van der Waals surface area contributed by atoms with Gasteiger partial charge in [-0.1, -0.05) is 95.6 Å². The van der Waals surface area contributed by atoms with Crippen molar-refractivity contribution in [2.45, 2.75) is 231 Å². The predicted molar refractivity (Wildman–Crippen MR) is 475 cm³/mol. The van der Waals surface area contributed by atoms with E-state index in [9.17, 15) is 70.7 Å². The van der Waals surface area contributed by atoms with E-state index in [2.05, 4.69) is 122 Å². The summed E-state index contributed by atoms with van der Waals surface area (Å²) in [5, 5.41) is 26.7. The molecule has 0 rings (SSSR count). The number of nitrogens with two attached hydrogens (primary N) is 1. The minimum absolute atomic E-state index is 0.153. The molecule has 0 aromatic rings. The van der Waals surface area contributed by atoms with Crippen molar-refractivity contribution in [3.63, 3.8) is 0 Å². The fourth-order valence-corrected chi connectivity index (χ4v) is 9.10. The standard InChI is InChI=1S/C39H68Br3N3O13.C25H43Br3N2O10.C13H26N2O4.C2HF3O2/c1-35(2,3)58-34(51)44-29(16-12-13-18-45(10)11)30(47)43-17-20-53-22-21-52-19-14-15-28(46)23-54-24-39(25-55-31(48)36(4,5)40,26-56-32(49)37(6,7)41)27-57-33(50)38(8,9)42;1-22(2,26)19(32)38-15-25(16-39-20(33)23(3,4)27,17-40-21(34)24(5,6)28)14-37-13-18(31)30-8-10-36-12-11-35-9-7-29;1-13(2,3)19-12(18)14-10(11(16)17)8-6-7-9-15(4)5;3-2(4,5)1(6)7/h29H,12-27H2,1-11H3,(H,43,47)(H,44,51);7-17,29H2,1-6H3,(H,30,31);10H,6-9H2,1-5H3,(H,14,18)(H,16,17);(H,6,7)/t29-;;10-;/m0.0./s1. The number of aliphatic carboxylic acids is 2. The Bertz CT molecular complexity index is 3040. The smallest absolute Gasteiger partial charge is 0.480 e. The van der Waals surface area contributed by atoms with Crippen molar-refractivity contribution in [2.75, 3.05) is 180 Å². The SMILES string of the molecule is CC(C)(Br)C(=O)OCC(COCC(=O)NCCOCCOCCN)(COC(=O)C(C)(C)Br)COC(=O)C(C)(C)Br.CN(C)CCCC[C@H](NC(=O)OC(C)(C)C)C(=O)NCCOCCOCCCC(=O)COCC(COC(=O)C(C)(C)Br)(COC(=O)C(C)(C)Br)COC(=O)C(C)(C)Br.CN(C)CCCC[C@H](NC(=O)OC(C)(C)C)C(=O)O.O=C(O)C(F)(F)F. The van der Waals surface area contributed by atoms with E-state index in [1.165, 1.54) is 0 Å². The second kappa shape index (κ2) is 62.5. The maximum absolute atomic E-state index is 12.8. The van der Waals surface area contributed by atoms with Gasteiger partial charge in [0.25, 0.3) is 0 Å². The van der Waals surface area contributed by atoms with Crippen molar-refractivity contribution in [3.05, 3.63) is 0 Å². The minimum Gasteiger partial charge on any atom is -0.480 e. The van der Waals surface area contributed by atoms with Gasteiger partial charge in [-0.05, 0) is 211 Å². The van der Waals surface area contributed by atoms with E-state index in [0.29, 0.717) is 45.6 Å². The van der Waals surface area contributed by atoms with Crippen LogP contribution in [0.3, 0.4) is 0 Å². The second-order valence-electron chi connectivity index (χ2n) is 33.9. The number of hydrogen-bond acceptors (Lipinski definition) is 30. The molecule has 0 aliphatic carbocycles. The van der Waals surface area contributed by atoms with E-state index in [0.717, 1.165) is 38.8 Å². The monoisotopic (exact) mass is 2180 g/mol. The van der Waals surface area contributed by atoms with Crippen molar-refractivity contribution in [3.8, 4) is 0 Å². The minimum atomic E-state index is -5.08. The fraction of sp³-hybridized carbons (Fsp3) is 0.835. The summed E-state index contributed by atoms with van der Waals surface area (Å²) in [4.78, 5) is 161. The first-order valence-corrected chi connectivity index (χ1v) is 44.4. The number of ketones is 1. The number of hydrogen-bond donors (Lipinski definition) is 7. The molecule has 0 unspecified atom stereocenters. The molecule has 8 N–H and O–H groups in total. The Morgan fingerprint density at radius 1 is 0.379 bits per heavy atom. The maximum atomic E-state index is 12.8. The van der Waals surface area contributed by atoms with Crippen LogP contribution in [0, 0.1) is 10.8 Å². The quantitative estimate of drug-likeness (QED) is 0.0129. The van der Waals surface area contributed by atoms with Gasteiger partial charge in [-0.2, -0.15) is 13.2 Å². The van der Waals surface area contributed by atoms with E-state index >= 15 is 0 Å². The number of rotatable bonds is 58. The Hall–Kier alpha value is -4.78. The number of carboxylic acids is 2. The summed E-state index contributed by atoms with van der Waals surface area (Å²) in [5.74, 6) is -8.36. The number of esters is 6. The van der Waals surface area contributed by atoms with Gasteiger partial charge in [0, 0.05) is 32.7 Å². The number of nitrogens with zero attached hydrogens (tertiary/aromatic N) is 2. The van der Waals surface area contributed by atoms with E-state index < -0.39 is 132 Å². The number of Topliss-reactive ketones (excluding diaryl/α,β-unsaturated/α-hetero) is 1. The Balaban J connectivity index is -0.000000930. The largest absolute Gasteiger partial charge is 0.490 e. The molecule has 4 amide bonds. The molecule has 0 heterocycles. The van der Waals surface area contributed by atoms with Gasteiger partial charge in [0.05, 0.1) is 70.3 Å². The van der Waals surface area contributed by atoms with Crippen LogP contribution in [0.1, 0.15) is 176 Å². The summed E-state index contributed by atoms with van der Waals surface area (Å²) >= 11 is 19.5. The van der Waals surface area contributed by atoms with E-state index in [4.69, 9.17) is 87.1 Å². The summed E-state index contributed by atoms with van der Waals surface area (Å²) < 4.78 is 102. The zero-order valence-corrected chi connectivity index (χ0v) is 85.4. The molecule has 0 radical (unpaired) electrons.